The number of hydrogen-bond donors (Lipinski definition) is 1. The lowest BCUT2D eigenvalue weighted by Crippen LogP contribution is -2.32. The van der Waals surface area contributed by atoms with Crippen LogP contribution in [0.3, 0.4) is 0 Å². The average Bonchev–Trinajstić information content (AvgIpc) is 2.89. The lowest BCUT2D eigenvalue weighted by molar-refractivity contribution is 0.349. The minimum Gasteiger partial charge on any atom is -0.493 e. The third-order valence-corrected chi connectivity index (χ3v) is 4.52. The second kappa shape index (κ2) is 8.19. The van der Waals surface area contributed by atoms with E-state index in [0.29, 0.717) is 6.04 Å². The van der Waals surface area contributed by atoms with Gasteiger partial charge in [-0.1, -0.05) is 36.7 Å². The van der Waals surface area contributed by atoms with Gasteiger partial charge in [-0.25, -0.2) is 0 Å². The van der Waals surface area contributed by atoms with E-state index in [1.807, 2.05) is 0 Å². The normalized spacial score (nSPS) is 15.1. The molecule has 0 spiro atoms. The van der Waals surface area contributed by atoms with Gasteiger partial charge in [-0.3, -0.25) is 0 Å². The van der Waals surface area contributed by atoms with Crippen LogP contribution in [0.25, 0.3) is 0 Å². The van der Waals surface area contributed by atoms with E-state index in [1.165, 1.54) is 34.9 Å². The quantitative estimate of drug-likeness (QED) is 0.729. The summed E-state index contributed by atoms with van der Waals surface area (Å²) in [4.78, 5) is 0. The van der Waals surface area contributed by atoms with Crippen molar-refractivity contribution in [3.8, 4) is 5.75 Å². The molecular weight excluding hydrogens is 326 g/mol. The molecule has 0 saturated heterocycles. The van der Waals surface area contributed by atoms with Gasteiger partial charge in [-0.2, -0.15) is 0 Å². The van der Waals surface area contributed by atoms with Crippen LogP contribution in [-0.2, 0) is 12.8 Å². The fourth-order valence-electron chi connectivity index (χ4n) is 2.92. The van der Waals surface area contributed by atoms with Gasteiger partial charge >= 0.3 is 0 Å². The van der Waals surface area contributed by atoms with Crippen molar-refractivity contribution >= 4 is 15.9 Å². The zero-order valence-electron chi connectivity index (χ0n) is 13.5. The van der Waals surface area contributed by atoms with Crippen LogP contribution in [0.1, 0.15) is 51.2 Å². The number of ether oxygens (including phenoxy) is 1. The largest absolute Gasteiger partial charge is 0.493 e. The Labute approximate surface area is 137 Å². The summed E-state index contributed by atoms with van der Waals surface area (Å²) < 4.78 is 7.05. The maximum atomic E-state index is 5.87. The van der Waals surface area contributed by atoms with Crippen LogP contribution >= 0.6 is 15.9 Å². The number of rotatable bonds is 8. The highest BCUT2D eigenvalue weighted by atomic mass is 79.9. The van der Waals surface area contributed by atoms with Gasteiger partial charge in [0, 0.05) is 16.9 Å². The zero-order chi connectivity index (χ0) is 15.2. The summed E-state index contributed by atoms with van der Waals surface area (Å²) in [6.07, 6.45) is 5.80. The lowest BCUT2D eigenvalue weighted by atomic mass is 9.96. The Kier molecular flexibility index (Phi) is 6.56. The highest BCUT2D eigenvalue weighted by Crippen LogP contribution is 2.34. The molecule has 0 saturated carbocycles. The van der Waals surface area contributed by atoms with Gasteiger partial charge in [0.15, 0.2) is 0 Å². The van der Waals surface area contributed by atoms with Gasteiger partial charge in [0.05, 0.1) is 6.61 Å². The van der Waals surface area contributed by atoms with Gasteiger partial charge in [-0.15, -0.1) is 0 Å². The first kappa shape index (κ1) is 16.8. The first-order valence-corrected chi connectivity index (χ1v) is 9.07. The fourth-order valence-corrected chi connectivity index (χ4v) is 3.48. The second-order valence-corrected chi connectivity index (χ2v) is 7.39. The van der Waals surface area contributed by atoms with E-state index in [-0.39, 0.29) is 0 Å². The van der Waals surface area contributed by atoms with E-state index in [0.717, 1.165) is 37.7 Å². The topological polar surface area (TPSA) is 21.3 Å². The number of halogens is 1. The molecule has 1 atom stereocenters. The molecule has 1 aliphatic heterocycles. The van der Waals surface area contributed by atoms with E-state index in [2.05, 4.69) is 54.2 Å². The molecule has 1 unspecified atom stereocenters. The summed E-state index contributed by atoms with van der Waals surface area (Å²) in [5, 5.41) is 3.71. The Balaban J connectivity index is 2.08. The van der Waals surface area contributed by atoms with Crippen LogP contribution in [0, 0.1) is 5.92 Å². The van der Waals surface area contributed by atoms with Gasteiger partial charge in [0.2, 0.25) is 0 Å². The summed E-state index contributed by atoms with van der Waals surface area (Å²) in [5.41, 5.74) is 2.71. The van der Waals surface area contributed by atoms with E-state index < -0.39 is 0 Å². The van der Waals surface area contributed by atoms with Crippen LogP contribution in [0.5, 0.6) is 5.75 Å². The Morgan fingerprint density at radius 1 is 1.29 bits per heavy atom. The Hall–Kier alpha value is -0.540. The summed E-state index contributed by atoms with van der Waals surface area (Å²) in [6, 6.07) is 4.99. The highest BCUT2D eigenvalue weighted by Gasteiger charge is 2.20. The smallest absolute Gasteiger partial charge is 0.125 e. The predicted octanol–water partition coefficient (Wildman–Crippen LogP) is 4.73. The summed E-state index contributed by atoms with van der Waals surface area (Å²) >= 11 is 3.64. The molecule has 21 heavy (non-hydrogen) atoms. The third-order valence-electron chi connectivity index (χ3n) is 4.07. The monoisotopic (exact) mass is 353 g/mol. The average molecular weight is 354 g/mol. The van der Waals surface area contributed by atoms with Crippen molar-refractivity contribution < 1.29 is 4.74 Å². The molecule has 2 rings (SSSR count). The van der Waals surface area contributed by atoms with Gasteiger partial charge in [-0.05, 0) is 61.4 Å². The van der Waals surface area contributed by atoms with Crippen molar-refractivity contribution in [3.05, 3.63) is 27.7 Å². The Morgan fingerprint density at radius 3 is 2.81 bits per heavy atom. The predicted molar refractivity (Wildman–Crippen MR) is 93.2 cm³/mol. The molecule has 1 aliphatic rings. The number of hydrogen-bond acceptors (Lipinski definition) is 2. The molecule has 0 amide bonds. The third kappa shape index (κ3) is 5.00. The molecule has 2 nitrogen and oxygen atoms in total. The highest BCUT2D eigenvalue weighted by molar-refractivity contribution is 9.10. The minimum absolute atomic E-state index is 0.551. The zero-order valence-corrected chi connectivity index (χ0v) is 15.1. The van der Waals surface area contributed by atoms with Crippen molar-refractivity contribution in [2.75, 3.05) is 13.2 Å². The summed E-state index contributed by atoms with van der Waals surface area (Å²) in [5.74, 6) is 1.91. The molecule has 1 aromatic carbocycles. The van der Waals surface area contributed by atoms with E-state index in [4.69, 9.17) is 4.74 Å². The van der Waals surface area contributed by atoms with Crippen LogP contribution < -0.4 is 10.1 Å². The standard InChI is InChI=1S/C18H28BrNO/c1-4-8-20-17(6-5-13(2)3)12-15-11-16(19)10-14-7-9-21-18(14)15/h10-11,13,17,20H,4-9,12H2,1-3H3. The number of nitrogens with one attached hydrogen (secondary N) is 1. The van der Waals surface area contributed by atoms with Crippen molar-refractivity contribution in [1.29, 1.82) is 0 Å². The van der Waals surface area contributed by atoms with Crippen molar-refractivity contribution in [3.63, 3.8) is 0 Å². The number of benzene rings is 1. The fraction of sp³-hybridized carbons (Fsp3) is 0.667. The molecule has 1 heterocycles. The molecule has 0 aliphatic carbocycles. The van der Waals surface area contributed by atoms with Crippen LogP contribution in [0.4, 0.5) is 0 Å². The first-order chi connectivity index (χ1) is 10.1. The maximum absolute atomic E-state index is 5.87. The Bertz CT molecular complexity index is 459. The first-order valence-electron chi connectivity index (χ1n) is 8.27. The minimum atomic E-state index is 0.551. The summed E-state index contributed by atoms with van der Waals surface area (Å²) in [6.45, 7) is 8.76. The Morgan fingerprint density at radius 2 is 2.10 bits per heavy atom. The van der Waals surface area contributed by atoms with Crippen LogP contribution in [0.2, 0.25) is 0 Å². The van der Waals surface area contributed by atoms with Crippen LogP contribution in [0.15, 0.2) is 16.6 Å². The SMILES string of the molecule is CCCNC(CCC(C)C)Cc1cc(Br)cc2c1OCC2. The molecule has 0 radical (unpaired) electrons. The van der Waals surface area contributed by atoms with Crippen molar-refractivity contribution in [1.82, 2.24) is 5.32 Å². The van der Waals surface area contributed by atoms with Gasteiger partial charge < -0.3 is 10.1 Å². The molecule has 0 aromatic heterocycles. The maximum Gasteiger partial charge on any atom is 0.125 e. The molecule has 3 heteroatoms. The van der Waals surface area contributed by atoms with Crippen LogP contribution in [-0.4, -0.2) is 19.2 Å². The van der Waals surface area contributed by atoms with Gasteiger partial charge in [0.25, 0.3) is 0 Å². The number of fused-ring (bicyclic) bond motifs is 1. The van der Waals surface area contributed by atoms with Gasteiger partial charge in [0.1, 0.15) is 5.75 Å². The molecule has 118 valence electrons. The second-order valence-electron chi connectivity index (χ2n) is 6.48. The van der Waals surface area contributed by atoms with E-state index >= 15 is 0 Å². The molecule has 0 fully saturated rings. The lowest BCUT2D eigenvalue weighted by Gasteiger charge is -2.21. The summed E-state index contributed by atoms with van der Waals surface area (Å²) in [7, 11) is 0. The molecular formula is C18H28BrNO. The molecule has 0 bridgehead atoms. The van der Waals surface area contributed by atoms with Crippen molar-refractivity contribution in [2.24, 2.45) is 5.92 Å². The van der Waals surface area contributed by atoms with E-state index in [9.17, 15) is 0 Å². The van der Waals surface area contributed by atoms with Crippen molar-refractivity contribution in [2.45, 2.75) is 58.9 Å². The molecule has 1 N–H and O–H groups in total. The molecule has 1 aromatic rings. The van der Waals surface area contributed by atoms with E-state index in [1.54, 1.807) is 0 Å².